The second kappa shape index (κ2) is 8.09. The van der Waals surface area contributed by atoms with Crippen molar-refractivity contribution < 1.29 is 14.5 Å². The largest absolute Gasteiger partial charge is 0.465 e. The molecule has 0 spiro atoms. The number of carbonyl (C=O) groups is 1. The van der Waals surface area contributed by atoms with E-state index < -0.39 is 0 Å². The van der Waals surface area contributed by atoms with Crippen LogP contribution in [0, 0.1) is 10.1 Å². The molecule has 0 N–H and O–H groups in total. The molecule has 138 valence electrons. The number of rotatable bonds is 5. The summed E-state index contributed by atoms with van der Waals surface area (Å²) >= 11 is 0. The molecule has 0 bridgehead atoms. The Bertz CT molecular complexity index is 811. The number of ether oxygens (including phenoxy) is 1. The average molecular weight is 358 g/mol. The zero-order chi connectivity index (χ0) is 18.5. The summed E-state index contributed by atoms with van der Waals surface area (Å²) in [5.41, 5.74) is 1.60. The molecule has 0 unspecified atom stereocenters. The minimum Gasteiger partial charge on any atom is -0.465 e. The summed E-state index contributed by atoms with van der Waals surface area (Å²) in [5.74, 6) is -0.205. The minimum atomic E-state index is -0.378. The third kappa shape index (κ3) is 3.91. The molecule has 1 aromatic carbocycles. The van der Waals surface area contributed by atoms with Gasteiger partial charge in [0.2, 0.25) is 0 Å². The van der Waals surface area contributed by atoms with Gasteiger partial charge in [-0.2, -0.15) is 0 Å². The number of hydrogen-bond acceptors (Lipinski definition) is 7. The van der Waals surface area contributed by atoms with Crippen molar-refractivity contribution in [2.45, 2.75) is 13.3 Å². The van der Waals surface area contributed by atoms with Gasteiger partial charge in [-0.25, -0.2) is 0 Å². The maximum absolute atomic E-state index is 11.7. The second-order valence-electron chi connectivity index (χ2n) is 6.18. The number of nitrogens with zero attached hydrogens (tertiary/aromatic N) is 4. The molecule has 2 heterocycles. The number of hydrogen-bond donors (Lipinski definition) is 0. The lowest BCUT2D eigenvalue weighted by molar-refractivity contribution is -0.383. The molecule has 0 aliphatic carbocycles. The van der Waals surface area contributed by atoms with Crippen molar-refractivity contribution in [3.05, 3.63) is 40.6 Å². The van der Waals surface area contributed by atoms with Crippen molar-refractivity contribution in [2.75, 3.05) is 44.2 Å². The molecular weight excluding hydrogens is 336 g/mol. The van der Waals surface area contributed by atoms with E-state index in [1.165, 1.54) is 0 Å². The molecule has 1 aromatic heterocycles. The van der Waals surface area contributed by atoms with Crippen LogP contribution in [0.25, 0.3) is 10.9 Å². The summed E-state index contributed by atoms with van der Waals surface area (Å²) in [6, 6.07) is 6.76. The lowest BCUT2D eigenvalue weighted by Gasteiger charge is -2.24. The highest BCUT2D eigenvalue weighted by molar-refractivity contribution is 5.97. The average Bonchev–Trinajstić information content (AvgIpc) is 2.86. The first-order chi connectivity index (χ1) is 12.6. The van der Waals surface area contributed by atoms with E-state index in [-0.39, 0.29) is 16.6 Å². The fraction of sp³-hybridized carbons (Fsp3) is 0.444. The Morgan fingerprint density at radius 3 is 2.88 bits per heavy atom. The van der Waals surface area contributed by atoms with Gasteiger partial charge in [0.15, 0.2) is 0 Å². The Balaban J connectivity index is 1.81. The lowest BCUT2D eigenvalue weighted by atomic mass is 10.1. The topological polar surface area (TPSA) is 88.8 Å². The number of nitro benzene ring substituents is 1. The number of fused-ring (bicyclic) bond motifs is 1. The van der Waals surface area contributed by atoms with Crippen LogP contribution in [0.3, 0.4) is 0 Å². The van der Waals surface area contributed by atoms with Crippen molar-refractivity contribution in [3.8, 4) is 0 Å². The Morgan fingerprint density at radius 2 is 2.12 bits per heavy atom. The SMILES string of the molecule is CCOC(=O)CN1CCCN(c2ccc([N+](=O)[O-])c3cccnc23)CC1. The Hall–Kier alpha value is -2.74. The maximum atomic E-state index is 11.7. The van der Waals surface area contributed by atoms with Gasteiger partial charge in [0.05, 0.1) is 29.1 Å². The first-order valence-corrected chi connectivity index (χ1v) is 8.75. The standard InChI is InChI=1S/C18H22N4O4/c1-2-26-17(23)13-20-9-4-10-21(12-11-20)16-7-6-15(22(24)25)14-5-3-8-19-18(14)16/h3,5-8H,2,4,9-13H2,1H3. The van der Waals surface area contributed by atoms with Crippen LogP contribution in [0.1, 0.15) is 13.3 Å². The summed E-state index contributed by atoms with van der Waals surface area (Å²) in [5, 5.41) is 11.8. The molecule has 0 amide bonds. The van der Waals surface area contributed by atoms with Gasteiger partial charge in [-0.1, -0.05) is 0 Å². The number of carbonyl (C=O) groups excluding carboxylic acids is 1. The monoisotopic (exact) mass is 358 g/mol. The van der Waals surface area contributed by atoms with Crippen LogP contribution in [0.2, 0.25) is 0 Å². The van der Waals surface area contributed by atoms with Crippen LogP contribution in [0.15, 0.2) is 30.5 Å². The van der Waals surface area contributed by atoms with E-state index in [4.69, 9.17) is 4.74 Å². The number of anilines is 1. The second-order valence-corrected chi connectivity index (χ2v) is 6.18. The highest BCUT2D eigenvalue weighted by Crippen LogP contribution is 2.32. The van der Waals surface area contributed by atoms with Gasteiger partial charge in [0.25, 0.3) is 5.69 Å². The normalized spacial score (nSPS) is 15.7. The molecule has 26 heavy (non-hydrogen) atoms. The summed E-state index contributed by atoms with van der Waals surface area (Å²) in [4.78, 5) is 31.2. The fourth-order valence-electron chi connectivity index (χ4n) is 3.32. The molecule has 1 fully saturated rings. The Kier molecular flexibility index (Phi) is 5.62. The van der Waals surface area contributed by atoms with E-state index in [0.29, 0.717) is 24.1 Å². The predicted octanol–water partition coefficient (Wildman–Crippen LogP) is 2.22. The molecule has 2 aromatic rings. The highest BCUT2D eigenvalue weighted by atomic mass is 16.6. The van der Waals surface area contributed by atoms with Gasteiger partial charge in [0.1, 0.15) is 5.52 Å². The molecule has 0 saturated carbocycles. The minimum absolute atomic E-state index is 0.0654. The quantitative estimate of drug-likeness (QED) is 0.460. The van der Waals surface area contributed by atoms with Crippen molar-refractivity contribution >= 4 is 28.2 Å². The summed E-state index contributed by atoms with van der Waals surface area (Å²) in [6.07, 6.45) is 2.55. The number of pyridine rings is 1. The van der Waals surface area contributed by atoms with Gasteiger partial charge in [0, 0.05) is 38.4 Å². The fourth-order valence-corrected chi connectivity index (χ4v) is 3.32. The Labute approximate surface area is 151 Å². The third-order valence-corrected chi connectivity index (χ3v) is 4.51. The number of non-ortho nitro benzene ring substituents is 1. The van der Waals surface area contributed by atoms with Crippen molar-refractivity contribution in [1.82, 2.24) is 9.88 Å². The summed E-state index contributed by atoms with van der Waals surface area (Å²) < 4.78 is 5.02. The third-order valence-electron chi connectivity index (χ3n) is 4.51. The van der Waals surface area contributed by atoms with Crippen LogP contribution in [-0.4, -0.2) is 60.1 Å². The van der Waals surface area contributed by atoms with Crippen molar-refractivity contribution in [2.24, 2.45) is 0 Å². The number of aromatic nitrogens is 1. The van der Waals surface area contributed by atoms with Gasteiger partial charge in [-0.3, -0.25) is 24.8 Å². The summed E-state index contributed by atoms with van der Waals surface area (Å²) in [7, 11) is 0. The van der Waals surface area contributed by atoms with E-state index >= 15 is 0 Å². The molecule has 3 rings (SSSR count). The molecule has 8 heteroatoms. The summed E-state index contributed by atoms with van der Waals surface area (Å²) in [6.45, 7) is 5.55. The van der Waals surface area contributed by atoms with E-state index in [9.17, 15) is 14.9 Å². The molecule has 1 aliphatic rings. The van der Waals surface area contributed by atoms with E-state index in [0.717, 1.165) is 38.3 Å². The molecule has 0 atom stereocenters. The van der Waals surface area contributed by atoms with Crippen molar-refractivity contribution in [3.63, 3.8) is 0 Å². The van der Waals surface area contributed by atoms with Crippen LogP contribution < -0.4 is 4.90 Å². The van der Waals surface area contributed by atoms with E-state index in [2.05, 4.69) is 14.8 Å². The molecule has 8 nitrogen and oxygen atoms in total. The van der Waals surface area contributed by atoms with Gasteiger partial charge in [-0.05, 0) is 31.5 Å². The van der Waals surface area contributed by atoms with Crippen LogP contribution in [-0.2, 0) is 9.53 Å². The highest BCUT2D eigenvalue weighted by Gasteiger charge is 2.22. The van der Waals surface area contributed by atoms with Gasteiger partial charge < -0.3 is 9.64 Å². The smallest absolute Gasteiger partial charge is 0.320 e. The first-order valence-electron chi connectivity index (χ1n) is 8.75. The number of benzene rings is 1. The molecule has 1 aliphatic heterocycles. The van der Waals surface area contributed by atoms with E-state index in [1.54, 1.807) is 37.4 Å². The molecule has 0 radical (unpaired) electrons. The van der Waals surface area contributed by atoms with Gasteiger partial charge >= 0.3 is 5.97 Å². The zero-order valence-corrected chi connectivity index (χ0v) is 14.8. The maximum Gasteiger partial charge on any atom is 0.320 e. The molecule has 1 saturated heterocycles. The Morgan fingerprint density at radius 1 is 1.27 bits per heavy atom. The molecular formula is C18H22N4O4. The van der Waals surface area contributed by atoms with E-state index in [1.807, 2.05) is 0 Å². The lowest BCUT2D eigenvalue weighted by Crippen LogP contribution is -2.35. The van der Waals surface area contributed by atoms with Crippen LogP contribution >= 0.6 is 0 Å². The van der Waals surface area contributed by atoms with Crippen LogP contribution in [0.5, 0.6) is 0 Å². The van der Waals surface area contributed by atoms with Crippen LogP contribution in [0.4, 0.5) is 11.4 Å². The van der Waals surface area contributed by atoms with Gasteiger partial charge in [-0.15, -0.1) is 0 Å². The van der Waals surface area contributed by atoms with Crippen molar-refractivity contribution in [1.29, 1.82) is 0 Å². The number of esters is 1. The first kappa shape index (κ1) is 18.1. The zero-order valence-electron chi connectivity index (χ0n) is 14.8. The number of nitro groups is 1. The predicted molar refractivity (Wildman–Crippen MR) is 98.3 cm³/mol.